The Morgan fingerprint density at radius 1 is 1.19 bits per heavy atom. The summed E-state index contributed by atoms with van der Waals surface area (Å²) in [6.45, 7) is 14.9. The van der Waals surface area contributed by atoms with Crippen LogP contribution in [0.4, 0.5) is 0 Å². The van der Waals surface area contributed by atoms with E-state index in [4.69, 9.17) is 14.2 Å². The lowest BCUT2D eigenvalue weighted by Gasteiger charge is -2.57. The van der Waals surface area contributed by atoms with Crippen LogP contribution in [-0.4, -0.2) is 52.2 Å². The zero-order valence-electron chi connectivity index (χ0n) is 23.5. The van der Waals surface area contributed by atoms with Crippen molar-refractivity contribution in [2.45, 2.75) is 117 Å². The summed E-state index contributed by atoms with van der Waals surface area (Å²) in [4.78, 5) is 39.0. The van der Waals surface area contributed by atoms with Crippen molar-refractivity contribution in [3.63, 3.8) is 0 Å². The number of carbonyl (C=O) groups excluding carboxylic acids is 3. The highest BCUT2D eigenvalue weighted by molar-refractivity contribution is 6.23. The SMILES string of the molecule is CC[C@@H](C)[C@H](OC(C)=O)[C@H](C)C1=CC(=O)C2=C(O[C@]3(C)CC[C@H]4O[C@@H](C(C)(C)O)CC[C@]4(C)C3=C2)C1=O. The summed E-state index contributed by atoms with van der Waals surface area (Å²) in [5.74, 6) is -1.33. The molecule has 0 bridgehead atoms. The van der Waals surface area contributed by atoms with Crippen molar-refractivity contribution >= 4 is 17.5 Å². The molecule has 0 amide bonds. The van der Waals surface area contributed by atoms with Crippen LogP contribution in [0.15, 0.2) is 34.6 Å². The molecule has 2 heterocycles. The molecule has 7 heteroatoms. The first kappa shape index (κ1) is 27.8. The minimum Gasteiger partial charge on any atom is -0.478 e. The molecule has 2 aliphatic carbocycles. The van der Waals surface area contributed by atoms with E-state index in [0.29, 0.717) is 18.4 Å². The molecule has 0 aromatic heterocycles. The molecule has 204 valence electrons. The van der Waals surface area contributed by atoms with Crippen molar-refractivity contribution < 1.29 is 33.7 Å². The average Bonchev–Trinajstić information content (AvgIpc) is 2.81. The van der Waals surface area contributed by atoms with Gasteiger partial charge in [0.25, 0.3) is 0 Å². The molecule has 1 saturated carbocycles. The van der Waals surface area contributed by atoms with Crippen molar-refractivity contribution in [3.05, 3.63) is 34.6 Å². The van der Waals surface area contributed by atoms with E-state index in [9.17, 15) is 19.5 Å². The van der Waals surface area contributed by atoms with E-state index < -0.39 is 29.2 Å². The second kappa shape index (κ2) is 9.49. The average molecular weight is 515 g/mol. The molecule has 4 rings (SSSR count). The van der Waals surface area contributed by atoms with E-state index in [2.05, 4.69) is 6.92 Å². The first-order valence-electron chi connectivity index (χ1n) is 13.6. The number of ether oxygens (including phenoxy) is 3. The molecule has 2 fully saturated rings. The molecule has 7 nitrogen and oxygen atoms in total. The molecular formula is C30H42O7. The number of carbonyl (C=O) groups is 3. The summed E-state index contributed by atoms with van der Waals surface area (Å²) in [6, 6.07) is 0. The highest BCUT2D eigenvalue weighted by Crippen LogP contribution is 2.57. The van der Waals surface area contributed by atoms with Gasteiger partial charge in [-0.2, -0.15) is 0 Å². The van der Waals surface area contributed by atoms with Gasteiger partial charge >= 0.3 is 5.97 Å². The van der Waals surface area contributed by atoms with Gasteiger partial charge in [0.2, 0.25) is 5.78 Å². The van der Waals surface area contributed by atoms with E-state index in [1.807, 2.05) is 33.8 Å². The molecule has 0 spiro atoms. The Labute approximate surface area is 220 Å². The lowest BCUT2D eigenvalue weighted by Crippen LogP contribution is -2.58. The maximum Gasteiger partial charge on any atom is 0.302 e. The van der Waals surface area contributed by atoms with E-state index in [-0.39, 0.29) is 46.4 Å². The van der Waals surface area contributed by atoms with Crippen molar-refractivity contribution in [3.8, 4) is 0 Å². The Bertz CT molecular complexity index is 1090. The third-order valence-electron chi connectivity index (χ3n) is 9.19. The van der Waals surface area contributed by atoms with Crippen LogP contribution in [0.3, 0.4) is 0 Å². The number of hydrogen-bond donors (Lipinski definition) is 1. The van der Waals surface area contributed by atoms with Crippen molar-refractivity contribution in [2.75, 3.05) is 0 Å². The summed E-state index contributed by atoms with van der Waals surface area (Å²) >= 11 is 0. The first-order valence-corrected chi connectivity index (χ1v) is 13.6. The van der Waals surface area contributed by atoms with E-state index in [1.54, 1.807) is 13.8 Å². The van der Waals surface area contributed by atoms with Gasteiger partial charge in [-0.05, 0) is 70.1 Å². The second-order valence-electron chi connectivity index (χ2n) is 12.4. The van der Waals surface area contributed by atoms with Crippen LogP contribution in [0, 0.1) is 17.3 Å². The second-order valence-corrected chi connectivity index (χ2v) is 12.4. The summed E-state index contributed by atoms with van der Waals surface area (Å²) in [5, 5.41) is 10.5. The van der Waals surface area contributed by atoms with Gasteiger partial charge in [-0.25, -0.2) is 0 Å². The van der Waals surface area contributed by atoms with Gasteiger partial charge in [0.05, 0.1) is 23.4 Å². The van der Waals surface area contributed by atoms with Crippen molar-refractivity contribution in [1.82, 2.24) is 0 Å². The summed E-state index contributed by atoms with van der Waals surface area (Å²) in [5.41, 5.74) is -0.448. The third-order valence-corrected chi connectivity index (χ3v) is 9.19. The Kier molecular flexibility index (Phi) is 7.13. The maximum atomic E-state index is 13.8. The Balaban J connectivity index is 1.68. The van der Waals surface area contributed by atoms with Gasteiger partial charge in [-0.1, -0.05) is 34.1 Å². The fourth-order valence-electron chi connectivity index (χ4n) is 6.70. The smallest absolute Gasteiger partial charge is 0.302 e. The van der Waals surface area contributed by atoms with Crippen LogP contribution in [-0.2, 0) is 28.6 Å². The predicted molar refractivity (Wildman–Crippen MR) is 138 cm³/mol. The van der Waals surface area contributed by atoms with Crippen LogP contribution in [0.5, 0.6) is 0 Å². The molecule has 0 unspecified atom stereocenters. The monoisotopic (exact) mass is 514 g/mol. The van der Waals surface area contributed by atoms with Gasteiger partial charge in [-0.3, -0.25) is 14.4 Å². The largest absolute Gasteiger partial charge is 0.478 e. The van der Waals surface area contributed by atoms with Gasteiger partial charge in [0.1, 0.15) is 11.7 Å². The number of fused-ring (bicyclic) bond motifs is 3. The summed E-state index contributed by atoms with van der Waals surface area (Å²) in [7, 11) is 0. The molecule has 0 aromatic carbocycles. The fraction of sp³-hybridized carbons (Fsp3) is 0.700. The molecular weight excluding hydrogens is 472 g/mol. The maximum absolute atomic E-state index is 13.8. The Hall–Kier alpha value is -2.25. The molecule has 0 radical (unpaired) electrons. The number of rotatable bonds is 6. The fourth-order valence-corrected chi connectivity index (χ4v) is 6.70. The van der Waals surface area contributed by atoms with E-state index in [0.717, 1.165) is 24.8 Å². The molecule has 1 saturated heterocycles. The lowest BCUT2D eigenvalue weighted by molar-refractivity contribution is -0.196. The zero-order chi connectivity index (χ0) is 27.5. The number of allylic oxidation sites excluding steroid dienone is 4. The van der Waals surface area contributed by atoms with Crippen molar-refractivity contribution in [1.29, 1.82) is 0 Å². The number of Topliss-reactive ketones (excluding diaryl/α,β-unsaturated/α-hetero) is 1. The molecule has 37 heavy (non-hydrogen) atoms. The molecule has 4 aliphatic rings. The van der Waals surface area contributed by atoms with Crippen molar-refractivity contribution in [2.24, 2.45) is 17.3 Å². The topological polar surface area (TPSA) is 99.1 Å². The normalized spacial score (nSPS) is 34.2. The minimum atomic E-state index is -0.932. The highest BCUT2D eigenvalue weighted by Gasteiger charge is 2.57. The number of esters is 1. The summed E-state index contributed by atoms with van der Waals surface area (Å²) in [6.07, 6.45) is 6.00. The Morgan fingerprint density at radius 3 is 2.46 bits per heavy atom. The third kappa shape index (κ3) is 4.74. The van der Waals surface area contributed by atoms with Gasteiger partial charge in [0.15, 0.2) is 11.5 Å². The van der Waals surface area contributed by atoms with Gasteiger partial charge in [0, 0.05) is 23.8 Å². The number of hydrogen-bond acceptors (Lipinski definition) is 7. The van der Waals surface area contributed by atoms with E-state index >= 15 is 0 Å². The minimum absolute atomic E-state index is 0.0172. The zero-order valence-corrected chi connectivity index (χ0v) is 23.5. The van der Waals surface area contributed by atoms with Crippen LogP contribution in [0.25, 0.3) is 0 Å². The number of ketones is 2. The lowest BCUT2D eigenvalue weighted by atomic mass is 9.58. The summed E-state index contributed by atoms with van der Waals surface area (Å²) < 4.78 is 18.5. The van der Waals surface area contributed by atoms with Gasteiger partial charge < -0.3 is 19.3 Å². The quantitative estimate of drug-likeness (QED) is 0.403. The molecule has 1 N–H and O–H groups in total. The predicted octanol–water partition coefficient (Wildman–Crippen LogP) is 4.77. The molecule has 7 atom stereocenters. The number of aliphatic hydroxyl groups is 1. The Morgan fingerprint density at radius 2 is 1.86 bits per heavy atom. The van der Waals surface area contributed by atoms with Gasteiger partial charge in [-0.15, -0.1) is 0 Å². The standard InChI is InChI=1S/C30H42O7/c1-9-16(2)26(35-18(4)31)17(3)19-14-21(32)20-15-22-29(7)12-10-23(28(5,6)34)36-24(29)11-13-30(22,8)37-27(20)25(19)33/h14-17,23-24,26,34H,9-13H2,1-8H3/t16-,17-,23-,24-,26+,29-,30-/m1/s1. The highest BCUT2D eigenvalue weighted by atomic mass is 16.5. The van der Waals surface area contributed by atoms with Crippen LogP contribution >= 0.6 is 0 Å². The van der Waals surface area contributed by atoms with E-state index in [1.165, 1.54) is 13.0 Å². The van der Waals surface area contributed by atoms with Crippen LogP contribution < -0.4 is 0 Å². The first-order chi connectivity index (χ1) is 17.1. The van der Waals surface area contributed by atoms with Crippen LogP contribution in [0.1, 0.15) is 87.5 Å². The molecule has 2 aliphatic heterocycles. The van der Waals surface area contributed by atoms with Crippen LogP contribution in [0.2, 0.25) is 0 Å². The molecule has 0 aromatic rings.